The molecule has 0 spiro atoms. The van der Waals surface area contributed by atoms with Crippen LogP contribution in [0.1, 0.15) is 33.3 Å². The SMILES string of the molecule is CC(C)O[SiH](OCc1ccccc1)OC(C)C. The minimum Gasteiger partial charge on any atom is -0.373 e. The van der Waals surface area contributed by atoms with Gasteiger partial charge in [0.2, 0.25) is 0 Å². The fraction of sp³-hybridized carbons (Fsp3) is 0.538. The second-order valence-corrected chi connectivity index (χ2v) is 5.91. The van der Waals surface area contributed by atoms with Gasteiger partial charge in [0.15, 0.2) is 0 Å². The Kier molecular flexibility index (Phi) is 6.43. The van der Waals surface area contributed by atoms with E-state index in [0.717, 1.165) is 5.56 Å². The summed E-state index contributed by atoms with van der Waals surface area (Å²) in [5.74, 6) is 0. The molecule has 0 aliphatic carbocycles. The van der Waals surface area contributed by atoms with Crippen molar-refractivity contribution in [2.75, 3.05) is 0 Å². The highest BCUT2D eigenvalue weighted by Crippen LogP contribution is 2.06. The first-order valence-corrected chi connectivity index (χ1v) is 7.46. The van der Waals surface area contributed by atoms with Crippen LogP contribution in [0.4, 0.5) is 0 Å². The predicted octanol–water partition coefficient (Wildman–Crippen LogP) is 2.77. The molecule has 0 heterocycles. The van der Waals surface area contributed by atoms with E-state index in [1.54, 1.807) is 0 Å². The summed E-state index contributed by atoms with van der Waals surface area (Å²) in [6.45, 7) is 8.54. The lowest BCUT2D eigenvalue weighted by Crippen LogP contribution is -2.32. The van der Waals surface area contributed by atoms with Crippen LogP contribution in [0.25, 0.3) is 0 Å². The molecule has 0 amide bonds. The Hall–Kier alpha value is -0.683. The van der Waals surface area contributed by atoms with Crippen LogP contribution in [0.5, 0.6) is 0 Å². The Labute approximate surface area is 106 Å². The summed E-state index contributed by atoms with van der Waals surface area (Å²) >= 11 is 0. The van der Waals surface area contributed by atoms with Gasteiger partial charge in [-0.3, -0.25) is 0 Å². The van der Waals surface area contributed by atoms with Gasteiger partial charge in [-0.2, -0.15) is 0 Å². The first-order valence-electron chi connectivity index (χ1n) is 6.04. The van der Waals surface area contributed by atoms with Gasteiger partial charge in [0.25, 0.3) is 0 Å². The Morgan fingerprint density at radius 1 is 0.941 bits per heavy atom. The van der Waals surface area contributed by atoms with Crippen LogP contribution in [0.15, 0.2) is 30.3 Å². The highest BCUT2D eigenvalue weighted by molar-refractivity contribution is 6.36. The third-order valence-corrected chi connectivity index (χ3v) is 3.97. The van der Waals surface area contributed by atoms with Crippen LogP contribution in [-0.4, -0.2) is 21.7 Å². The average molecular weight is 254 g/mol. The zero-order chi connectivity index (χ0) is 12.7. The van der Waals surface area contributed by atoms with Gasteiger partial charge in [-0.15, -0.1) is 0 Å². The van der Waals surface area contributed by atoms with Gasteiger partial charge >= 0.3 is 9.53 Å². The number of benzene rings is 1. The summed E-state index contributed by atoms with van der Waals surface area (Å²) < 4.78 is 17.1. The molecule has 1 aromatic rings. The topological polar surface area (TPSA) is 27.7 Å². The predicted molar refractivity (Wildman–Crippen MR) is 70.8 cm³/mol. The van der Waals surface area contributed by atoms with E-state index in [9.17, 15) is 0 Å². The standard InChI is InChI=1S/C13H22O3Si/c1-11(2)15-17(16-12(3)4)14-10-13-8-6-5-7-9-13/h5-9,11-12,17H,10H2,1-4H3. The van der Waals surface area contributed by atoms with Gasteiger partial charge in [0, 0.05) is 12.2 Å². The van der Waals surface area contributed by atoms with Gasteiger partial charge in [0.05, 0.1) is 6.61 Å². The van der Waals surface area contributed by atoms with E-state index in [0.29, 0.717) is 6.61 Å². The second-order valence-electron chi connectivity index (χ2n) is 4.45. The number of hydrogen-bond donors (Lipinski definition) is 0. The molecule has 3 nitrogen and oxygen atoms in total. The van der Waals surface area contributed by atoms with E-state index in [1.807, 2.05) is 58.0 Å². The molecular formula is C13H22O3Si. The molecule has 0 aliphatic heterocycles. The molecule has 1 aromatic carbocycles. The summed E-state index contributed by atoms with van der Waals surface area (Å²) in [7, 11) is -2.02. The largest absolute Gasteiger partial charge is 0.484 e. The highest BCUT2D eigenvalue weighted by atomic mass is 28.3. The van der Waals surface area contributed by atoms with Crippen molar-refractivity contribution >= 4 is 9.53 Å². The van der Waals surface area contributed by atoms with Crippen molar-refractivity contribution in [3.05, 3.63) is 35.9 Å². The van der Waals surface area contributed by atoms with Crippen LogP contribution in [0, 0.1) is 0 Å². The summed E-state index contributed by atoms with van der Waals surface area (Å²) in [5, 5.41) is 0. The van der Waals surface area contributed by atoms with Crippen LogP contribution >= 0.6 is 0 Å². The van der Waals surface area contributed by atoms with E-state index in [2.05, 4.69) is 0 Å². The van der Waals surface area contributed by atoms with E-state index in [1.165, 1.54) is 0 Å². The molecule has 0 unspecified atom stereocenters. The molecule has 0 saturated heterocycles. The van der Waals surface area contributed by atoms with Crippen LogP contribution in [0.3, 0.4) is 0 Å². The monoisotopic (exact) mass is 254 g/mol. The van der Waals surface area contributed by atoms with Crippen LogP contribution < -0.4 is 0 Å². The van der Waals surface area contributed by atoms with Crippen molar-refractivity contribution in [1.29, 1.82) is 0 Å². The average Bonchev–Trinajstić information content (AvgIpc) is 2.26. The quantitative estimate of drug-likeness (QED) is 0.700. The van der Waals surface area contributed by atoms with Gasteiger partial charge in [-0.25, -0.2) is 0 Å². The van der Waals surface area contributed by atoms with Gasteiger partial charge < -0.3 is 13.3 Å². The maximum absolute atomic E-state index is 5.74. The molecule has 0 aliphatic rings. The molecule has 0 aromatic heterocycles. The lowest BCUT2D eigenvalue weighted by molar-refractivity contribution is 0.0460. The lowest BCUT2D eigenvalue weighted by atomic mass is 10.2. The Morgan fingerprint density at radius 3 is 1.94 bits per heavy atom. The third kappa shape index (κ3) is 6.58. The third-order valence-electron chi connectivity index (χ3n) is 2.00. The summed E-state index contributed by atoms with van der Waals surface area (Å²) in [5.41, 5.74) is 1.14. The molecule has 0 radical (unpaired) electrons. The van der Waals surface area contributed by atoms with Gasteiger partial charge in [-0.05, 0) is 33.3 Å². The van der Waals surface area contributed by atoms with E-state index >= 15 is 0 Å². The molecule has 0 bridgehead atoms. The lowest BCUT2D eigenvalue weighted by Gasteiger charge is -2.21. The zero-order valence-electron chi connectivity index (χ0n) is 11.1. The fourth-order valence-corrected chi connectivity index (χ4v) is 2.73. The Morgan fingerprint density at radius 2 is 1.47 bits per heavy atom. The minimum atomic E-state index is -2.02. The summed E-state index contributed by atoms with van der Waals surface area (Å²) in [6.07, 6.45) is 0.280. The maximum Gasteiger partial charge on any atom is 0.484 e. The van der Waals surface area contributed by atoms with Crippen molar-refractivity contribution in [2.45, 2.75) is 46.5 Å². The number of hydrogen-bond acceptors (Lipinski definition) is 3. The van der Waals surface area contributed by atoms with Crippen molar-refractivity contribution in [1.82, 2.24) is 0 Å². The first kappa shape index (κ1) is 14.4. The van der Waals surface area contributed by atoms with Crippen molar-refractivity contribution in [3.8, 4) is 0 Å². The molecule has 0 N–H and O–H groups in total. The molecule has 96 valence electrons. The van der Waals surface area contributed by atoms with E-state index < -0.39 is 9.53 Å². The molecule has 1 rings (SSSR count). The molecular weight excluding hydrogens is 232 g/mol. The minimum absolute atomic E-state index is 0.140. The smallest absolute Gasteiger partial charge is 0.373 e. The molecule has 4 heteroatoms. The summed E-state index contributed by atoms with van der Waals surface area (Å²) in [4.78, 5) is 0. The van der Waals surface area contributed by atoms with Crippen molar-refractivity contribution in [2.24, 2.45) is 0 Å². The molecule has 17 heavy (non-hydrogen) atoms. The van der Waals surface area contributed by atoms with E-state index in [-0.39, 0.29) is 12.2 Å². The van der Waals surface area contributed by atoms with Crippen molar-refractivity contribution < 1.29 is 13.3 Å². The summed E-state index contributed by atoms with van der Waals surface area (Å²) in [6, 6.07) is 10.1. The van der Waals surface area contributed by atoms with Crippen molar-refractivity contribution in [3.63, 3.8) is 0 Å². The van der Waals surface area contributed by atoms with Crippen LogP contribution in [0.2, 0.25) is 0 Å². The Balaban J connectivity index is 2.43. The van der Waals surface area contributed by atoms with Crippen LogP contribution in [-0.2, 0) is 19.9 Å². The maximum atomic E-state index is 5.74. The number of rotatable bonds is 7. The molecule has 0 saturated carbocycles. The second kappa shape index (κ2) is 7.61. The van der Waals surface area contributed by atoms with Gasteiger partial charge in [-0.1, -0.05) is 30.3 Å². The highest BCUT2D eigenvalue weighted by Gasteiger charge is 2.18. The normalized spacial score (nSPS) is 11.7. The zero-order valence-corrected chi connectivity index (χ0v) is 12.2. The molecule has 0 fully saturated rings. The van der Waals surface area contributed by atoms with E-state index in [4.69, 9.17) is 13.3 Å². The molecule has 0 atom stereocenters. The first-order chi connectivity index (χ1) is 8.08. The van der Waals surface area contributed by atoms with Gasteiger partial charge in [0.1, 0.15) is 0 Å². The fourth-order valence-electron chi connectivity index (χ4n) is 1.29. The Bertz CT molecular complexity index is 291.